The lowest BCUT2D eigenvalue weighted by molar-refractivity contribution is -0.138. The monoisotopic (exact) mass is 2050 g/mol. The van der Waals surface area contributed by atoms with Crippen LogP contribution in [0.4, 0.5) is 62.6 Å². The Kier molecular flexibility index (Phi) is 35.4. The van der Waals surface area contributed by atoms with Gasteiger partial charge in [-0.3, -0.25) is 29.5 Å². The summed E-state index contributed by atoms with van der Waals surface area (Å²) in [6.07, 6.45) is 4.48. The number of Topliss-reactive ketones (excluding diaryl/α,β-unsaturated/α-hetero) is 4. The third kappa shape index (κ3) is 29.9. The van der Waals surface area contributed by atoms with E-state index in [-0.39, 0.29) is 60.3 Å². The number of nitrogens with one attached hydrogen (secondary N) is 1. The van der Waals surface area contributed by atoms with E-state index in [2.05, 4.69) is 81.2 Å². The van der Waals surface area contributed by atoms with E-state index in [0.29, 0.717) is 142 Å². The molecule has 8 heterocycles. The molecule has 8 aromatic carbocycles. The molecular formula is C107H103F12N21O7S. The van der Waals surface area contributed by atoms with Crippen LogP contribution in [0.5, 0.6) is 5.75 Å². The number of anilines is 1. The molecule has 0 fully saturated rings. The summed E-state index contributed by atoms with van der Waals surface area (Å²) in [5.74, 6) is -0.312. The molecule has 28 nitrogen and oxygen atoms in total. The van der Waals surface area contributed by atoms with Crippen molar-refractivity contribution in [3.05, 3.63) is 344 Å². The van der Waals surface area contributed by atoms with Gasteiger partial charge in [0.15, 0.2) is 28.3 Å². The lowest BCUT2D eigenvalue weighted by Crippen LogP contribution is -2.15. The summed E-state index contributed by atoms with van der Waals surface area (Å²) in [7, 11) is 9.85. The van der Waals surface area contributed by atoms with E-state index in [0.717, 1.165) is 94.9 Å². The number of methoxy groups -OCH3 is 2. The zero-order valence-corrected chi connectivity index (χ0v) is 83.7. The first-order chi connectivity index (χ1) is 70.1. The normalized spacial score (nSPS) is 11.7. The van der Waals surface area contributed by atoms with Crippen LogP contribution in [0, 0.1) is 39.5 Å². The number of hydrogen-bond donors (Lipinski definition) is 1. The van der Waals surface area contributed by atoms with E-state index in [1.54, 1.807) is 199 Å². The predicted octanol–water partition coefficient (Wildman–Crippen LogP) is 22.7. The van der Waals surface area contributed by atoms with Gasteiger partial charge in [0.2, 0.25) is 0 Å². The summed E-state index contributed by atoms with van der Waals surface area (Å²) in [6.45, 7) is 16.2. The highest BCUT2D eigenvalue weighted by atomic mass is 32.1. The maximum atomic E-state index is 13.6. The standard InChI is InChI=1S/C28H28F3N5O3S.C27H26F3N5O2.C27H26F3N5O.C25H23F3N6O/c1-16(2)5-7-18-9-20(13-21(10-18)28(29,30)31)24(37)12-19-8-6-17(3)23(11-19)36-15-22(34-35-36)25-14-32-26(40-25)33-27(38)39-4;1-17-5-6-18(9-25(17)35-16-24(32-33-35)21-12-23(37-4)14-31-13-21)10-26(36)20-7-19(15-34(2)3)8-22(11-20)27(28,29)30;1-17(2)4-6-19-8-21(12-23(9-19)27(28,29)30)26(36)11-20-7-5-18(3)25(10-20)35-15-24(33-34-35)22-13-31-16-32-14-22;1-16-4-5-17(8-23(16)34-14-22(31-32-34)20-11-29-15-30-12-20)9-24(35)19-6-18(13-33(2)3)7-21(10-19)25(26,27)28/h6,8-11,13-16H,5,7,12H2,1-4H3,(H,32,33,38);5-9,11-14,16H,10,15H2,1-4H3;5,7-10,12-17H,4,6,11H2,1-3H3;4-8,10-12,14-15H,9,13H2,1-3H3. The van der Waals surface area contributed by atoms with Crippen molar-refractivity contribution in [2.24, 2.45) is 11.8 Å². The number of halogens is 12. The zero-order chi connectivity index (χ0) is 107. The molecule has 0 saturated heterocycles. The molecule has 0 bridgehead atoms. The lowest BCUT2D eigenvalue weighted by Gasteiger charge is -2.15. The number of ether oxygens (including phenoxy) is 2. The van der Waals surface area contributed by atoms with E-state index in [1.165, 1.54) is 43.2 Å². The summed E-state index contributed by atoms with van der Waals surface area (Å²) in [5, 5.41) is 36.4. The van der Waals surface area contributed by atoms with Crippen molar-refractivity contribution in [1.82, 2.24) is 99.7 Å². The maximum absolute atomic E-state index is 13.6. The van der Waals surface area contributed by atoms with Gasteiger partial charge in [-0.05, 0) is 263 Å². The van der Waals surface area contributed by atoms with Crippen molar-refractivity contribution in [2.45, 2.75) is 145 Å². The van der Waals surface area contributed by atoms with Crippen molar-refractivity contribution in [3.63, 3.8) is 0 Å². The molecule has 1 N–H and O–H groups in total. The number of thiazole rings is 1. The molecule has 16 aromatic rings. The number of nitrogens with zero attached hydrogens (tertiary/aromatic N) is 20. The van der Waals surface area contributed by atoms with Crippen LogP contribution in [0.15, 0.2) is 232 Å². The molecule has 0 unspecified atom stereocenters. The van der Waals surface area contributed by atoms with Crippen LogP contribution >= 0.6 is 11.3 Å². The minimum absolute atomic E-state index is 0.0300. The molecule has 0 atom stereocenters. The van der Waals surface area contributed by atoms with Crippen LogP contribution in [-0.4, -0.2) is 171 Å². The van der Waals surface area contributed by atoms with Crippen molar-refractivity contribution in [2.75, 3.05) is 47.7 Å². The van der Waals surface area contributed by atoms with Gasteiger partial charge in [0, 0.05) is 115 Å². The Balaban J connectivity index is 0.000000165. The molecule has 768 valence electrons. The fourth-order valence-electron chi connectivity index (χ4n) is 15.5. The highest BCUT2D eigenvalue weighted by molar-refractivity contribution is 7.19. The topological polar surface area (TPSA) is 322 Å². The zero-order valence-electron chi connectivity index (χ0n) is 82.9. The number of pyridine rings is 1. The summed E-state index contributed by atoms with van der Waals surface area (Å²) >= 11 is 1.20. The summed E-state index contributed by atoms with van der Waals surface area (Å²) in [6, 6.07) is 37.8. The number of aryl methyl sites for hydroxylation is 6. The minimum Gasteiger partial charge on any atom is -0.495 e. The fourth-order valence-corrected chi connectivity index (χ4v) is 16.3. The van der Waals surface area contributed by atoms with Crippen molar-refractivity contribution in [3.8, 4) is 72.8 Å². The number of hydrogen-bond acceptors (Lipinski definition) is 24. The number of benzene rings is 8. The Morgan fingerprint density at radius 1 is 0.365 bits per heavy atom. The maximum Gasteiger partial charge on any atom is 0.416 e. The number of alkyl halides is 12. The number of ketones is 4. The average molecular weight is 2060 g/mol. The van der Waals surface area contributed by atoms with Gasteiger partial charge < -0.3 is 19.3 Å². The SMILES string of the molecule is COC(=O)Nc1ncc(-c2cn(-c3cc(CC(=O)c4cc(CCC(C)C)cc(C(F)(F)F)c4)ccc3C)nn2)s1.COc1cncc(-c2cn(-c3cc(CC(=O)c4cc(CN(C)C)cc(C(F)(F)F)c4)ccc3C)nn2)c1.Cc1ccc(CC(=O)c2cc(CCC(C)C)cc(C(F)(F)F)c2)cc1-n1cc(-c2cncnc2)nn1.Cc1ccc(CC(=O)c2cc(CN(C)C)cc(C(F)(F)F)c2)cc1-n1cc(-c2cncnc2)nn1. The molecule has 16 rings (SSSR count). The number of rotatable bonds is 32. The Morgan fingerprint density at radius 2 is 0.669 bits per heavy atom. The number of carbonyl (C=O) groups is 5. The highest BCUT2D eigenvalue weighted by Gasteiger charge is 2.36. The Labute approximate surface area is 847 Å². The number of aromatic nitrogens is 18. The van der Waals surface area contributed by atoms with Crippen molar-refractivity contribution < 1.29 is 86.1 Å². The van der Waals surface area contributed by atoms with Gasteiger partial charge in [0.1, 0.15) is 41.2 Å². The fraction of sp³-hybridized carbons (Fsp3) is 0.280. The van der Waals surface area contributed by atoms with Gasteiger partial charge in [-0.1, -0.05) is 108 Å². The molecule has 0 aliphatic heterocycles. The highest BCUT2D eigenvalue weighted by Crippen LogP contribution is 2.39. The first kappa shape index (κ1) is 109. The second-order valence-corrected chi connectivity index (χ2v) is 37.6. The van der Waals surface area contributed by atoms with Crippen LogP contribution in [-0.2, 0) is 81.1 Å². The Bertz CT molecular complexity index is 7400. The third-order valence-electron chi connectivity index (χ3n) is 23.2. The molecule has 148 heavy (non-hydrogen) atoms. The molecule has 0 radical (unpaired) electrons. The van der Waals surface area contributed by atoms with E-state index in [1.807, 2.05) is 79.7 Å². The van der Waals surface area contributed by atoms with Crippen molar-refractivity contribution >= 4 is 45.7 Å². The summed E-state index contributed by atoms with van der Waals surface area (Å²) in [5.41, 5.74) is 12.2. The van der Waals surface area contributed by atoms with Gasteiger partial charge >= 0.3 is 30.8 Å². The molecule has 0 spiro atoms. The van der Waals surface area contributed by atoms with Gasteiger partial charge in [-0.25, -0.2) is 48.4 Å². The second-order valence-electron chi connectivity index (χ2n) is 36.6. The summed E-state index contributed by atoms with van der Waals surface area (Å²) in [4.78, 5) is 92.1. The van der Waals surface area contributed by atoms with Gasteiger partial charge in [0.05, 0.1) is 95.1 Å². The number of amides is 1. The molecule has 1 amide bonds. The van der Waals surface area contributed by atoms with E-state index < -0.39 is 70.4 Å². The average Bonchev–Trinajstić information content (AvgIpc) is 1.58. The van der Waals surface area contributed by atoms with Crippen molar-refractivity contribution in [1.29, 1.82) is 0 Å². The van der Waals surface area contributed by atoms with E-state index in [9.17, 15) is 76.7 Å². The first-order valence-electron chi connectivity index (χ1n) is 46.3. The largest absolute Gasteiger partial charge is 0.495 e. The van der Waals surface area contributed by atoms with Gasteiger partial charge in [-0.15, -0.1) is 20.4 Å². The molecular weight excluding hydrogens is 1950 g/mol. The molecule has 8 aromatic heterocycles. The molecule has 0 saturated carbocycles. The molecule has 41 heteroatoms. The van der Waals surface area contributed by atoms with Crippen LogP contribution in [0.2, 0.25) is 0 Å². The van der Waals surface area contributed by atoms with Crippen LogP contribution in [0.3, 0.4) is 0 Å². The molecule has 0 aliphatic rings. The smallest absolute Gasteiger partial charge is 0.416 e. The first-order valence-corrected chi connectivity index (χ1v) is 47.1. The van der Waals surface area contributed by atoms with E-state index in [4.69, 9.17) is 4.74 Å². The van der Waals surface area contributed by atoms with E-state index >= 15 is 0 Å². The Hall–Kier alpha value is -15.9. The third-order valence-corrected chi connectivity index (χ3v) is 24.1. The quantitative estimate of drug-likeness (QED) is 0.0302. The van der Waals surface area contributed by atoms with Crippen LogP contribution in [0.1, 0.15) is 171 Å². The Morgan fingerprint density at radius 3 is 0.980 bits per heavy atom. The van der Waals surface area contributed by atoms with Gasteiger partial charge in [0.25, 0.3) is 0 Å². The van der Waals surface area contributed by atoms with Crippen LogP contribution < -0.4 is 10.1 Å². The second kappa shape index (κ2) is 48.0. The van der Waals surface area contributed by atoms with Gasteiger partial charge in [-0.2, -0.15) is 52.7 Å². The number of carbonyl (C=O) groups excluding carboxylic acids is 5. The molecule has 0 aliphatic carbocycles. The predicted molar refractivity (Wildman–Crippen MR) is 532 cm³/mol. The summed E-state index contributed by atoms with van der Waals surface area (Å²) < 4.78 is 178. The van der Waals surface area contributed by atoms with Crippen LogP contribution in [0.25, 0.3) is 67.1 Å². The lowest BCUT2D eigenvalue weighted by atomic mass is 9.95. The minimum atomic E-state index is -4.54.